The van der Waals surface area contributed by atoms with Gasteiger partial charge >= 0.3 is 5.76 Å². The highest BCUT2D eigenvalue weighted by atomic mass is 32.1. The smallest absolute Gasteiger partial charge is 0.408 e. The molecule has 0 bridgehead atoms. The molecule has 1 aromatic heterocycles. The fourth-order valence-corrected chi connectivity index (χ4v) is 2.62. The van der Waals surface area contributed by atoms with Crippen molar-refractivity contribution in [3.63, 3.8) is 0 Å². The normalized spacial score (nSPS) is 11.9. The Morgan fingerprint density at radius 1 is 1.36 bits per heavy atom. The van der Waals surface area contributed by atoms with Crippen LogP contribution in [0.25, 0.3) is 11.1 Å². The molecule has 0 saturated heterocycles. The second-order valence-electron chi connectivity index (χ2n) is 5.59. The summed E-state index contributed by atoms with van der Waals surface area (Å²) in [6.07, 6.45) is 0.742. The quantitative estimate of drug-likeness (QED) is 0.495. The van der Waals surface area contributed by atoms with Crippen molar-refractivity contribution >= 4 is 34.3 Å². The molecule has 25 heavy (non-hydrogen) atoms. The molecule has 0 aliphatic carbocycles. The number of hydrogen-bond acceptors (Lipinski definition) is 5. The standard InChI is InChI=1S/C16H22N4O4S/c1-11(10-23-2)17-15(25)19-18-14(21)8-5-9-20-12-6-3-4-7-13(12)24-16(20)22/h3-4,6-7,11H,5,8-10H2,1-2H3,(H,18,21)(H2,17,19,25)/t11-/m1/s1. The SMILES string of the molecule is COC[C@@H](C)NC(=S)NNC(=O)CCCn1c(=O)oc2ccccc21. The largest absolute Gasteiger partial charge is 0.419 e. The predicted octanol–water partition coefficient (Wildman–Crippen LogP) is 0.905. The van der Waals surface area contributed by atoms with Gasteiger partial charge in [0, 0.05) is 26.1 Å². The number of ether oxygens (including phenoxy) is 1. The van der Waals surface area contributed by atoms with Gasteiger partial charge in [-0.2, -0.15) is 0 Å². The lowest BCUT2D eigenvalue weighted by Gasteiger charge is -2.16. The highest BCUT2D eigenvalue weighted by Gasteiger charge is 2.09. The van der Waals surface area contributed by atoms with Gasteiger partial charge in [-0.3, -0.25) is 20.2 Å². The predicted molar refractivity (Wildman–Crippen MR) is 98.1 cm³/mol. The Bertz CT molecular complexity index is 786. The molecule has 0 aliphatic heterocycles. The van der Waals surface area contributed by atoms with E-state index in [0.29, 0.717) is 30.3 Å². The number of methoxy groups -OCH3 is 1. The Hall–Kier alpha value is -2.39. The van der Waals surface area contributed by atoms with E-state index in [2.05, 4.69) is 16.2 Å². The number of hydrazine groups is 1. The van der Waals surface area contributed by atoms with E-state index in [4.69, 9.17) is 21.4 Å². The minimum Gasteiger partial charge on any atom is -0.408 e. The van der Waals surface area contributed by atoms with Crippen LogP contribution in [-0.4, -0.2) is 35.3 Å². The number of nitrogens with one attached hydrogen (secondary N) is 3. The van der Waals surface area contributed by atoms with Crippen LogP contribution in [0.1, 0.15) is 19.8 Å². The summed E-state index contributed by atoms with van der Waals surface area (Å²) in [6, 6.07) is 7.22. The first-order valence-corrected chi connectivity index (χ1v) is 8.34. The number of thiocarbonyl (C=S) groups is 1. The topological polar surface area (TPSA) is 97.5 Å². The van der Waals surface area contributed by atoms with E-state index in [0.717, 1.165) is 5.52 Å². The molecule has 1 amide bonds. The maximum Gasteiger partial charge on any atom is 0.419 e. The Labute approximate surface area is 150 Å². The number of aryl methyl sites for hydroxylation is 1. The summed E-state index contributed by atoms with van der Waals surface area (Å²) in [6.45, 7) is 2.81. The van der Waals surface area contributed by atoms with Crippen LogP contribution < -0.4 is 21.9 Å². The summed E-state index contributed by atoms with van der Waals surface area (Å²) in [7, 11) is 1.60. The van der Waals surface area contributed by atoms with E-state index in [1.807, 2.05) is 19.1 Å². The number of amides is 1. The molecule has 0 aliphatic rings. The van der Waals surface area contributed by atoms with Crippen LogP contribution in [-0.2, 0) is 16.1 Å². The fourth-order valence-electron chi connectivity index (χ4n) is 2.36. The van der Waals surface area contributed by atoms with Crippen LogP contribution in [0.5, 0.6) is 0 Å². The third-order valence-electron chi connectivity index (χ3n) is 3.47. The van der Waals surface area contributed by atoms with Crippen molar-refractivity contribution in [1.29, 1.82) is 0 Å². The van der Waals surface area contributed by atoms with Gasteiger partial charge < -0.3 is 14.5 Å². The zero-order valence-electron chi connectivity index (χ0n) is 14.2. The Morgan fingerprint density at radius 3 is 2.88 bits per heavy atom. The lowest BCUT2D eigenvalue weighted by molar-refractivity contribution is -0.121. The highest BCUT2D eigenvalue weighted by Crippen LogP contribution is 2.12. The number of carbonyl (C=O) groups is 1. The Kier molecular flexibility index (Phi) is 6.96. The van der Waals surface area contributed by atoms with Gasteiger partial charge in [0.15, 0.2) is 10.7 Å². The van der Waals surface area contributed by atoms with E-state index in [-0.39, 0.29) is 18.4 Å². The average Bonchev–Trinajstić information content (AvgIpc) is 2.89. The monoisotopic (exact) mass is 366 g/mol. The summed E-state index contributed by atoms with van der Waals surface area (Å²) in [4.78, 5) is 23.7. The first-order chi connectivity index (χ1) is 12.0. The van der Waals surface area contributed by atoms with Gasteiger partial charge in [-0.15, -0.1) is 0 Å². The molecule has 0 spiro atoms. The maximum atomic E-state index is 11.8. The molecule has 0 radical (unpaired) electrons. The second kappa shape index (κ2) is 9.19. The van der Waals surface area contributed by atoms with Crippen LogP contribution in [0, 0.1) is 0 Å². The van der Waals surface area contributed by atoms with E-state index in [1.165, 1.54) is 4.57 Å². The number of rotatable bonds is 7. The molecule has 2 aromatic rings. The number of benzene rings is 1. The van der Waals surface area contributed by atoms with Crippen molar-refractivity contribution in [1.82, 2.24) is 20.7 Å². The number of fused-ring (bicyclic) bond motifs is 1. The third-order valence-corrected chi connectivity index (χ3v) is 3.69. The van der Waals surface area contributed by atoms with Crippen molar-refractivity contribution in [3.8, 4) is 0 Å². The molecule has 9 heteroatoms. The Balaban J connectivity index is 1.74. The zero-order valence-corrected chi connectivity index (χ0v) is 15.0. The number of nitrogens with zero attached hydrogens (tertiary/aromatic N) is 1. The van der Waals surface area contributed by atoms with E-state index < -0.39 is 5.76 Å². The molecule has 3 N–H and O–H groups in total. The van der Waals surface area contributed by atoms with Crippen LogP contribution >= 0.6 is 12.2 Å². The molecule has 8 nitrogen and oxygen atoms in total. The molecule has 1 heterocycles. The lowest BCUT2D eigenvalue weighted by atomic mass is 10.3. The van der Waals surface area contributed by atoms with Gasteiger partial charge in [-0.05, 0) is 37.7 Å². The zero-order chi connectivity index (χ0) is 18.2. The molecular formula is C16H22N4O4S. The molecule has 0 saturated carbocycles. The number of aromatic nitrogens is 1. The van der Waals surface area contributed by atoms with E-state index in [9.17, 15) is 9.59 Å². The lowest BCUT2D eigenvalue weighted by Crippen LogP contribution is -2.49. The van der Waals surface area contributed by atoms with Crippen LogP contribution in [0.2, 0.25) is 0 Å². The van der Waals surface area contributed by atoms with Gasteiger partial charge in [-0.25, -0.2) is 4.79 Å². The van der Waals surface area contributed by atoms with Gasteiger partial charge in [0.05, 0.1) is 12.1 Å². The Morgan fingerprint density at radius 2 is 2.12 bits per heavy atom. The minimum absolute atomic E-state index is 0.0307. The van der Waals surface area contributed by atoms with Crippen molar-refractivity contribution in [3.05, 3.63) is 34.8 Å². The average molecular weight is 366 g/mol. The first-order valence-electron chi connectivity index (χ1n) is 7.94. The number of para-hydroxylation sites is 2. The van der Waals surface area contributed by atoms with Crippen molar-refractivity contribution in [2.24, 2.45) is 0 Å². The molecule has 0 unspecified atom stereocenters. The highest BCUT2D eigenvalue weighted by molar-refractivity contribution is 7.80. The van der Waals surface area contributed by atoms with E-state index in [1.54, 1.807) is 19.2 Å². The molecule has 0 fully saturated rings. The molecule has 136 valence electrons. The van der Waals surface area contributed by atoms with Crippen LogP contribution in [0.3, 0.4) is 0 Å². The third kappa shape index (κ3) is 5.57. The van der Waals surface area contributed by atoms with Crippen molar-refractivity contribution in [2.45, 2.75) is 32.4 Å². The molecular weight excluding hydrogens is 344 g/mol. The number of oxazole rings is 1. The summed E-state index contributed by atoms with van der Waals surface area (Å²) in [5.74, 6) is -0.637. The van der Waals surface area contributed by atoms with Gasteiger partial charge in [0.2, 0.25) is 5.91 Å². The molecule has 1 atom stereocenters. The van der Waals surface area contributed by atoms with Gasteiger partial charge in [0.25, 0.3) is 0 Å². The summed E-state index contributed by atoms with van der Waals surface area (Å²) < 4.78 is 11.7. The molecule has 1 aromatic carbocycles. The van der Waals surface area contributed by atoms with Crippen molar-refractivity contribution < 1.29 is 13.9 Å². The molecule has 2 rings (SSSR count). The van der Waals surface area contributed by atoms with E-state index >= 15 is 0 Å². The first kappa shape index (κ1) is 18.9. The van der Waals surface area contributed by atoms with Gasteiger partial charge in [-0.1, -0.05) is 12.1 Å². The summed E-state index contributed by atoms with van der Waals surface area (Å²) in [5.41, 5.74) is 6.42. The maximum absolute atomic E-state index is 11.8. The fraction of sp³-hybridized carbons (Fsp3) is 0.438. The van der Waals surface area contributed by atoms with Crippen molar-refractivity contribution in [2.75, 3.05) is 13.7 Å². The van der Waals surface area contributed by atoms with Crippen LogP contribution in [0.4, 0.5) is 0 Å². The number of hydrogen-bond donors (Lipinski definition) is 3. The number of carbonyl (C=O) groups excluding carboxylic acids is 1. The summed E-state index contributed by atoms with van der Waals surface area (Å²) in [5, 5.41) is 3.28. The second-order valence-corrected chi connectivity index (χ2v) is 6.00. The summed E-state index contributed by atoms with van der Waals surface area (Å²) >= 11 is 5.06. The minimum atomic E-state index is -0.419. The van der Waals surface area contributed by atoms with Crippen LogP contribution in [0.15, 0.2) is 33.5 Å². The van der Waals surface area contributed by atoms with Gasteiger partial charge in [0.1, 0.15) is 0 Å².